The Morgan fingerprint density at radius 2 is 2.00 bits per heavy atom. The molecule has 1 aromatic heterocycles. The summed E-state index contributed by atoms with van der Waals surface area (Å²) in [4.78, 5) is 1.12. The van der Waals surface area contributed by atoms with Gasteiger partial charge < -0.3 is 5.32 Å². The second kappa shape index (κ2) is 4.93. The summed E-state index contributed by atoms with van der Waals surface area (Å²) in [5.74, 6) is -1.67. The van der Waals surface area contributed by atoms with Crippen LogP contribution in [0.1, 0.15) is 4.88 Å². The number of anilines is 1. The van der Waals surface area contributed by atoms with Crippen LogP contribution in [-0.2, 0) is 6.54 Å². The Bertz CT molecular complexity index is 498. The molecular formula is C11H8BrF2NS. The number of halogens is 3. The summed E-state index contributed by atoms with van der Waals surface area (Å²) in [6.45, 7) is 0.587. The molecule has 2 rings (SSSR count). The van der Waals surface area contributed by atoms with Crippen molar-refractivity contribution in [1.82, 2.24) is 0 Å². The number of benzene rings is 1. The molecule has 0 saturated carbocycles. The standard InChI is InChI=1S/C11H8BrF2NS/c12-8-3-4-16-11(8)6-15-7-1-2-9(13)10(14)5-7/h1-5,15H,6H2. The van der Waals surface area contributed by atoms with Gasteiger partial charge in [0.2, 0.25) is 0 Å². The molecule has 2 aromatic rings. The van der Waals surface area contributed by atoms with Crippen LogP contribution in [0.5, 0.6) is 0 Å². The molecule has 0 unspecified atom stereocenters. The van der Waals surface area contributed by atoms with Crippen molar-refractivity contribution >= 4 is 33.0 Å². The third-order valence-corrected chi connectivity index (χ3v) is 3.99. The molecule has 1 nitrogen and oxygen atoms in total. The summed E-state index contributed by atoms with van der Waals surface area (Å²) >= 11 is 5.00. The average molecular weight is 304 g/mol. The van der Waals surface area contributed by atoms with E-state index in [-0.39, 0.29) is 0 Å². The topological polar surface area (TPSA) is 12.0 Å². The predicted octanol–water partition coefficient (Wildman–Crippen LogP) is 4.40. The van der Waals surface area contributed by atoms with Gasteiger partial charge in [-0.1, -0.05) is 0 Å². The highest BCUT2D eigenvalue weighted by Crippen LogP contribution is 2.24. The zero-order valence-corrected chi connectivity index (χ0v) is 10.5. The Kier molecular flexibility index (Phi) is 3.56. The maximum Gasteiger partial charge on any atom is 0.160 e. The molecule has 0 aliphatic rings. The van der Waals surface area contributed by atoms with Crippen molar-refractivity contribution in [1.29, 1.82) is 0 Å². The van der Waals surface area contributed by atoms with Crippen LogP contribution < -0.4 is 5.32 Å². The molecule has 0 amide bonds. The lowest BCUT2D eigenvalue weighted by atomic mass is 10.3. The molecule has 0 saturated heterocycles. The lowest BCUT2D eigenvalue weighted by Gasteiger charge is -2.05. The monoisotopic (exact) mass is 303 g/mol. The lowest BCUT2D eigenvalue weighted by Crippen LogP contribution is -1.98. The number of hydrogen-bond donors (Lipinski definition) is 1. The van der Waals surface area contributed by atoms with Crippen LogP contribution >= 0.6 is 27.3 Å². The number of nitrogens with one attached hydrogen (secondary N) is 1. The highest BCUT2D eigenvalue weighted by atomic mass is 79.9. The van der Waals surface area contributed by atoms with Crippen molar-refractivity contribution in [2.45, 2.75) is 6.54 Å². The van der Waals surface area contributed by atoms with Crippen LogP contribution in [0.25, 0.3) is 0 Å². The number of rotatable bonds is 3. The van der Waals surface area contributed by atoms with Gasteiger partial charge in [0.15, 0.2) is 11.6 Å². The molecule has 1 aromatic carbocycles. The fourth-order valence-electron chi connectivity index (χ4n) is 1.24. The van der Waals surface area contributed by atoms with Crippen LogP contribution in [0, 0.1) is 11.6 Å². The minimum Gasteiger partial charge on any atom is -0.380 e. The van der Waals surface area contributed by atoms with Gasteiger partial charge in [-0.3, -0.25) is 0 Å². The molecule has 16 heavy (non-hydrogen) atoms. The van der Waals surface area contributed by atoms with Crippen LogP contribution in [-0.4, -0.2) is 0 Å². The third-order valence-electron chi connectivity index (χ3n) is 2.06. The van der Waals surface area contributed by atoms with Crippen molar-refractivity contribution in [3.05, 3.63) is 50.6 Å². The fourth-order valence-corrected chi connectivity index (χ4v) is 2.67. The Labute approximate surface area is 104 Å². The fraction of sp³-hybridized carbons (Fsp3) is 0.0909. The van der Waals surface area contributed by atoms with Crippen LogP contribution in [0.15, 0.2) is 34.1 Å². The molecule has 0 aliphatic heterocycles. The van der Waals surface area contributed by atoms with Gasteiger partial charge in [-0.05, 0) is 39.5 Å². The van der Waals surface area contributed by atoms with E-state index in [2.05, 4.69) is 21.2 Å². The Balaban J connectivity index is 2.05. The Morgan fingerprint density at radius 1 is 1.19 bits per heavy atom. The lowest BCUT2D eigenvalue weighted by molar-refractivity contribution is 0.509. The van der Waals surface area contributed by atoms with Crippen molar-refractivity contribution < 1.29 is 8.78 Å². The van der Waals surface area contributed by atoms with E-state index < -0.39 is 11.6 Å². The first kappa shape index (κ1) is 11.5. The molecular weight excluding hydrogens is 296 g/mol. The molecule has 1 heterocycles. The van der Waals surface area contributed by atoms with Crippen LogP contribution in [0.3, 0.4) is 0 Å². The first-order chi connectivity index (χ1) is 7.66. The van der Waals surface area contributed by atoms with Crippen molar-refractivity contribution in [3.8, 4) is 0 Å². The molecule has 0 spiro atoms. The second-order valence-corrected chi connectivity index (χ2v) is 5.03. The highest BCUT2D eigenvalue weighted by Gasteiger charge is 2.04. The first-order valence-corrected chi connectivity index (χ1v) is 6.25. The van der Waals surface area contributed by atoms with E-state index in [4.69, 9.17) is 0 Å². The van der Waals surface area contributed by atoms with E-state index in [1.807, 2.05) is 11.4 Å². The third kappa shape index (κ3) is 2.59. The molecule has 84 valence electrons. The maximum absolute atomic E-state index is 12.9. The minimum absolute atomic E-state index is 0.569. The van der Waals surface area contributed by atoms with E-state index in [0.29, 0.717) is 12.2 Å². The molecule has 0 aliphatic carbocycles. The van der Waals surface area contributed by atoms with Gasteiger partial charge in [0.05, 0.1) is 6.54 Å². The Morgan fingerprint density at radius 3 is 2.62 bits per heavy atom. The van der Waals surface area contributed by atoms with E-state index in [1.165, 1.54) is 6.07 Å². The summed E-state index contributed by atoms with van der Waals surface area (Å²) < 4.78 is 26.6. The van der Waals surface area contributed by atoms with Crippen molar-refractivity contribution in [2.24, 2.45) is 0 Å². The average Bonchev–Trinajstić information content (AvgIpc) is 2.66. The van der Waals surface area contributed by atoms with E-state index in [9.17, 15) is 8.78 Å². The summed E-state index contributed by atoms with van der Waals surface area (Å²) in [6.07, 6.45) is 0. The molecule has 1 N–H and O–H groups in total. The van der Waals surface area contributed by atoms with E-state index >= 15 is 0 Å². The minimum atomic E-state index is -0.838. The highest BCUT2D eigenvalue weighted by molar-refractivity contribution is 9.10. The smallest absolute Gasteiger partial charge is 0.160 e. The zero-order valence-electron chi connectivity index (χ0n) is 8.14. The van der Waals surface area contributed by atoms with Crippen LogP contribution in [0.2, 0.25) is 0 Å². The summed E-state index contributed by atoms with van der Waals surface area (Å²) in [7, 11) is 0. The summed E-state index contributed by atoms with van der Waals surface area (Å²) in [5.41, 5.74) is 0.569. The normalized spacial score (nSPS) is 10.4. The number of hydrogen-bond acceptors (Lipinski definition) is 2. The van der Waals surface area contributed by atoms with Crippen molar-refractivity contribution in [3.63, 3.8) is 0 Å². The van der Waals surface area contributed by atoms with Gasteiger partial charge in [0, 0.05) is 21.1 Å². The van der Waals surface area contributed by atoms with Crippen LogP contribution in [0.4, 0.5) is 14.5 Å². The SMILES string of the molecule is Fc1ccc(NCc2sccc2Br)cc1F. The predicted molar refractivity (Wildman–Crippen MR) is 65.7 cm³/mol. The van der Waals surface area contributed by atoms with Gasteiger partial charge in [0.25, 0.3) is 0 Å². The van der Waals surface area contributed by atoms with E-state index in [1.54, 1.807) is 11.3 Å². The summed E-state index contributed by atoms with van der Waals surface area (Å²) in [5, 5.41) is 4.99. The van der Waals surface area contributed by atoms with E-state index in [0.717, 1.165) is 21.5 Å². The molecule has 0 atom stereocenters. The van der Waals surface area contributed by atoms with Gasteiger partial charge in [-0.2, -0.15) is 0 Å². The zero-order chi connectivity index (χ0) is 11.5. The second-order valence-electron chi connectivity index (χ2n) is 3.17. The quantitative estimate of drug-likeness (QED) is 0.886. The summed E-state index contributed by atoms with van der Waals surface area (Å²) in [6, 6.07) is 5.73. The molecule has 0 radical (unpaired) electrons. The first-order valence-electron chi connectivity index (χ1n) is 4.57. The van der Waals surface area contributed by atoms with Gasteiger partial charge in [-0.25, -0.2) is 8.78 Å². The van der Waals surface area contributed by atoms with Crippen molar-refractivity contribution in [2.75, 3.05) is 5.32 Å². The van der Waals surface area contributed by atoms with Gasteiger partial charge in [-0.15, -0.1) is 11.3 Å². The number of thiophene rings is 1. The van der Waals surface area contributed by atoms with Gasteiger partial charge in [0.1, 0.15) is 0 Å². The largest absolute Gasteiger partial charge is 0.380 e. The van der Waals surface area contributed by atoms with Gasteiger partial charge >= 0.3 is 0 Å². The molecule has 5 heteroatoms. The maximum atomic E-state index is 12.9. The molecule has 0 bridgehead atoms. The Hall–Kier alpha value is -0.940. The molecule has 0 fully saturated rings.